The molecule has 6 aromatic rings. The maximum Gasteiger partial charge on any atom is 0.350 e. The fraction of sp³-hybridized carbons (Fsp3) is 0.316. The molecule has 13 nitrogen and oxygen atoms in total. The molecule has 1 unspecified atom stereocenters. The van der Waals surface area contributed by atoms with E-state index in [0.29, 0.717) is 17.7 Å². The second-order valence-corrected chi connectivity index (χ2v) is 13.4. The van der Waals surface area contributed by atoms with Gasteiger partial charge < -0.3 is 20.0 Å². The van der Waals surface area contributed by atoms with E-state index in [-0.39, 0.29) is 11.5 Å². The summed E-state index contributed by atoms with van der Waals surface area (Å²) in [6.07, 6.45) is 1.88. The second kappa shape index (κ2) is 14.9. The van der Waals surface area contributed by atoms with Gasteiger partial charge in [-0.15, -0.1) is 5.10 Å². The Morgan fingerprint density at radius 2 is 1.48 bits per heavy atom. The number of H-pyrrole nitrogens is 1. The number of aromatic amines is 1. The standard InChI is InChI=1S/C38H39F3N10O3/c1-3-33(25(2)52)51-36(53)50(24-43-51)30-15-13-29(14-16-30)49-20-18-48(19-21-49)28-11-8-26(9-12-28)27-10-17-34(42-23-27)38(40,41)37(54,22-35-44-46-47-45-35)31-6-4-5-7-32(31)39/h4-17,23-25,33,52,54H,3,18-22H2,1-2H3,(H,44,45,46,47)/t25-,33-,37?/m0/s1. The number of nitrogens with zero attached hydrogens (tertiary/aromatic N) is 9. The summed E-state index contributed by atoms with van der Waals surface area (Å²) in [5.74, 6) is -5.18. The number of halogens is 3. The highest BCUT2D eigenvalue weighted by Gasteiger charge is 2.57. The summed E-state index contributed by atoms with van der Waals surface area (Å²) in [4.78, 5) is 21.6. The fourth-order valence-corrected chi connectivity index (χ4v) is 6.98. The summed E-state index contributed by atoms with van der Waals surface area (Å²) < 4.78 is 50.0. The van der Waals surface area contributed by atoms with E-state index in [1.54, 1.807) is 6.92 Å². The van der Waals surface area contributed by atoms with Crippen LogP contribution in [0.25, 0.3) is 16.8 Å². The van der Waals surface area contributed by atoms with Crippen LogP contribution in [0.15, 0.2) is 102 Å². The van der Waals surface area contributed by atoms with E-state index in [2.05, 4.69) is 40.5 Å². The Bertz CT molecular complexity index is 2220. The lowest BCUT2D eigenvalue weighted by Gasteiger charge is -2.37. The van der Waals surface area contributed by atoms with Crippen molar-refractivity contribution in [3.8, 4) is 16.8 Å². The van der Waals surface area contributed by atoms with Crippen LogP contribution in [0.5, 0.6) is 0 Å². The average Bonchev–Trinajstić information content (AvgIpc) is 3.84. The first-order chi connectivity index (χ1) is 26.0. The number of nitrogens with one attached hydrogen (secondary N) is 1. The van der Waals surface area contributed by atoms with Gasteiger partial charge in [0.25, 0.3) is 0 Å². The van der Waals surface area contributed by atoms with E-state index in [9.17, 15) is 19.4 Å². The number of aliphatic hydroxyl groups is 2. The van der Waals surface area contributed by atoms with Crippen LogP contribution in [-0.2, 0) is 17.9 Å². The van der Waals surface area contributed by atoms with Crippen LogP contribution >= 0.6 is 0 Å². The highest BCUT2D eigenvalue weighted by atomic mass is 19.3. The van der Waals surface area contributed by atoms with Gasteiger partial charge in [-0.25, -0.2) is 23.5 Å². The van der Waals surface area contributed by atoms with Crippen LogP contribution in [0.4, 0.5) is 24.5 Å². The van der Waals surface area contributed by atoms with Crippen molar-refractivity contribution in [1.29, 1.82) is 0 Å². The quantitative estimate of drug-likeness (QED) is 0.162. The summed E-state index contributed by atoms with van der Waals surface area (Å²) in [5.41, 5.74) is -0.600. The van der Waals surface area contributed by atoms with Crippen molar-refractivity contribution < 1.29 is 23.4 Å². The normalized spacial score (nSPS) is 15.9. The van der Waals surface area contributed by atoms with Gasteiger partial charge in [0.15, 0.2) is 11.4 Å². The van der Waals surface area contributed by atoms with E-state index < -0.39 is 47.2 Å². The van der Waals surface area contributed by atoms with Gasteiger partial charge in [0.2, 0.25) is 0 Å². The van der Waals surface area contributed by atoms with Gasteiger partial charge in [-0.2, -0.15) is 13.9 Å². The molecule has 3 N–H and O–H groups in total. The average molecular weight is 741 g/mol. The molecule has 1 saturated heterocycles. The third kappa shape index (κ3) is 6.85. The lowest BCUT2D eigenvalue weighted by molar-refractivity contribution is -0.199. The maximum atomic E-state index is 16.2. The van der Waals surface area contributed by atoms with E-state index in [1.807, 2.05) is 55.5 Å². The number of pyridine rings is 1. The Labute approximate surface area is 308 Å². The van der Waals surface area contributed by atoms with Gasteiger partial charge >= 0.3 is 11.6 Å². The minimum atomic E-state index is -4.03. The zero-order chi connectivity index (χ0) is 38.0. The molecule has 1 fully saturated rings. The van der Waals surface area contributed by atoms with E-state index in [4.69, 9.17) is 0 Å². The van der Waals surface area contributed by atoms with Crippen molar-refractivity contribution in [3.05, 3.63) is 131 Å². The Balaban J connectivity index is 1.000. The molecule has 3 atom stereocenters. The number of hydrogen-bond donors (Lipinski definition) is 3. The third-order valence-corrected chi connectivity index (χ3v) is 10.1. The number of tetrazole rings is 1. The van der Waals surface area contributed by atoms with Crippen molar-refractivity contribution in [2.45, 2.75) is 50.4 Å². The first-order valence-corrected chi connectivity index (χ1v) is 17.6. The molecule has 280 valence electrons. The maximum absolute atomic E-state index is 16.2. The summed E-state index contributed by atoms with van der Waals surface area (Å²) in [6, 6.07) is 22.5. The minimum Gasteiger partial charge on any atom is -0.391 e. The molecule has 1 aliphatic rings. The molecule has 0 bridgehead atoms. The highest BCUT2D eigenvalue weighted by Crippen LogP contribution is 2.47. The van der Waals surface area contributed by atoms with Crippen LogP contribution in [0.3, 0.4) is 0 Å². The summed E-state index contributed by atoms with van der Waals surface area (Å²) >= 11 is 0. The smallest absolute Gasteiger partial charge is 0.350 e. The summed E-state index contributed by atoms with van der Waals surface area (Å²) in [5, 5.41) is 38.5. The minimum absolute atomic E-state index is 0.146. The van der Waals surface area contributed by atoms with Crippen LogP contribution in [-0.4, -0.2) is 82.5 Å². The molecule has 1 aliphatic heterocycles. The molecular formula is C38H39F3N10O3. The monoisotopic (exact) mass is 740 g/mol. The first kappa shape index (κ1) is 36.5. The van der Waals surface area contributed by atoms with Crippen molar-refractivity contribution in [3.63, 3.8) is 0 Å². The molecule has 3 aromatic carbocycles. The topological polar surface area (TPSA) is 154 Å². The number of anilines is 2. The van der Waals surface area contributed by atoms with Gasteiger partial charge in [0, 0.05) is 61.3 Å². The molecule has 7 rings (SSSR count). The van der Waals surface area contributed by atoms with E-state index in [1.165, 1.54) is 40.0 Å². The molecule has 4 heterocycles. The van der Waals surface area contributed by atoms with Crippen molar-refractivity contribution >= 4 is 11.4 Å². The lowest BCUT2D eigenvalue weighted by Crippen LogP contribution is -2.46. The highest BCUT2D eigenvalue weighted by molar-refractivity contribution is 5.66. The molecule has 0 aliphatic carbocycles. The predicted octanol–water partition coefficient (Wildman–Crippen LogP) is 4.63. The van der Waals surface area contributed by atoms with Crippen molar-refractivity contribution in [2.24, 2.45) is 0 Å². The predicted molar refractivity (Wildman–Crippen MR) is 195 cm³/mol. The Morgan fingerprint density at radius 1 is 0.870 bits per heavy atom. The van der Waals surface area contributed by atoms with Crippen LogP contribution in [0, 0.1) is 5.82 Å². The second-order valence-electron chi connectivity index (χ2n) is 13.4. The first-order valence-electron chi connectivity index (χ1n) is 17.6. The van der Waals surface area contributed by atoms with E-state index in [0.717, 1.165) is 61.3 Å². The number of aliphatic hydroxyl groups excluding tert-OH is 1. The number of hydrogen-bond acceptors (Lipinski definition) is 10. The number of alkyl halides is 2. The third-order valence-electron chi connectivity index (χ3n) is 10.1. The molecule has 0 radical (unpaired) electrons. The van der Waals surface area contributed by atoms with Crippen LogP contribution < -0.4 is 15.5 Å². The van der Waals surface area contributed by atoms with Gasteiger partial charge in [-0.1, -0.05) is 43.3 Å². The van der Waals surface area contributed by atoms with E-state index >= 15 is 8.78 Å². The lowest BCUT2D eigenvalue weighted by atomic mass is 9.81. The molecule has 16 heteroatoms. The fourth-order valence-electron chi connectivity index (χ4n) is 6.98. The molecule has 0 amide bonds. The Kier molecular flexibility index (Phi) is 10.0. The van der Waals surface area contributed by atoms with Crippen LogP contribution in [0.1, 0.15) is 43.4 Å². The molecule has 0 spiro atoms. The van der Waals surface area contributed by atoms with Gasteiger partial charge in [0.1, 0.15) is 17.8 Å². The Hall–Kier alpha value is -5.87. The zero-order valence-corrected chi connectivity index (χ0v) is 29.6. The number of rotatable bonds is 12. The SMILES string of the molecule is CC[C@@H]([C@H](C)O)n1ncn(-c2ccc(N3CCN(c4ccc(-c5ccc(C(F)(F)C(O)(Cc6nnn[nH]6)c6ccccc6F)nc5)cc4)CC3)cc2)c1=O. The van der Waals surface area contributed by atoms with Crippen molar-refractivity contribution in [2.75, 3.05) is 36.0 Å². The summed E-state index contributed by atoms with van der Waals surface area (Å²) in [6.45, 7) is 6.65. The van der Waals surface area contributed by atoms with Gasteiger partial charge in [0.05, 0.1) is 17.8 Å². The number of benzene rings is 3. The zero-order valence-electron chi connectivity index (χ0n) is 29.6. The van der Waals surface area contributed by atoms with Crippen LogP contribution in [0.2, 0.25) is 0 Å². The van der Waals surface area contributed by atoms with Gasteiger partial charge in [-0.3, -0.25) is 4.98 Å². The number of piperazine rings is 1. The van der Waals surface area contributed by atoms with Gasteiger partial charge in [-0.05, 0) is 77.9 Å². The molecule has 3 aromatic heterocycles. The van der Waals surface area contributed by atoms with Crippen molar-refractivity contribution in [1.82, 2.24) is 40.0 Å². The molecular weight excluding hydrogens is 701 g/mol. The summed E-state index contributed by atoms with van der Waals surface area (Å²) in [7, 11) is 0. The largest absolute Gasteiger partial charge is 0.391 e. The molecule has 0 saturated carbocycles. The number of aromatic nitrogens is 8. The molecule has 54 heavy (non-hydrogen) atoms. The Morgan fingerprint density at radius 3 is 2.04 bits per heavy atom.